The molecule has 6 heteroatoms. The monoisotopic (exact) mass is 290 g/mol. The van der Waals surface area contributed by atoms with Gasteiger partial charge in [0.15, 0.2) is 9.84 Å². The average molecular weight is 290 g/mol. The first-order valence-electron chi connectivity index (χ1n) is 7.03. The van der Waals surface area contributed by atoms with Gasteiger partial charge < -0.3 is 11.1 Å². The molecule has 0 aromatic carbocycles. The van der Waals surface area contributed by atoms with Gasteiger partial charge in [-0.15, -0.1) is 0 Å². The van der Waals surface area contributed by atoms with Crippen LogP contribution in [0.15, 0.2) is 0 Å². The number of hydrogen-bond donors (Lipinski definition) is 2. The molecule has 0 aliphatic carbocycles. The van der Waals surface area contributed by atoms with Crippen molar-refractivity contribution in [1.82, 2.24) is 5.32 Å². The van der Waals surface area contributed by atoms with E-state index >= 15 is 0 Å². The van der Waals surface area contributed by atoms with E-state index in [1.807, 2.05) is 0 Å². The molecule has 1 amide bonds. The summed E-state index contributed by atoms with van der Waals surface area (Å²) in [4.78, 5) is 11.8. The Morgan fingerprint density at radius 2 is 2.11 bits per heavy atom. The molecule has 3 N–H and O–H groups in total. The Hall–Kier alpha value is -0.620. The summed E-state index contributed by atoms with van der Waals surface area (Å²) in [5.74, 6) is 0.863. The number of hydrogen-bond acceptors (Lipinski definition) is 4. The van der Waals surface area contributed by atoms with E-state index in [1.54, 1.807) is 0 Å². The topological polar surface area (TPSA) is 89.3 Å². The van der Waals surface area contributed by atoms with Gasteiger partial charge in [0, 0.05) is 13.0 Å². The molecule has 112 valence electrons. The second kappa shape index (κ2) is 7.24. The number of rotatable bonds is 7. The number of nitrogens with two attached hydrogens (primary N) is 1. The van der Waals surface area contributed by atoms with Gasteiger partial charge in [0.2, 0.25) is 5.91 Å². The van der Waals surface area contributed by atoms with Crippen molar-refractivity contribution in [2.45, 2.75) is 44.8 Å². The maximum atomic E-state index is 11.8. The molecule has 1 fully saturated rings. The molecule has 1 aliphatic heterocycles. The quantitative estimate of drug-likeness (QED) is 0.722. The summed E-state index contributed by atoms with van der Waals surface area (Å²) in [5, 5.41) is 2.35. The largest absolute Gasteiger partial charge is 0.355 e. The van der Waals surface area contributed by atoms with Crippen LogP contribution in [-0.2, 0) is 14.6 Å². The fourth-order valence-corrected chi connectivity index (χ4v) is 4.34. The van der Waals surface area contributed by atoms with Crippen LogP contribution in [-0.4, -0.2) is 38.4 Å². The summed E-state index contributed by atoms with van der Waals surface area (Å²) in [5.41, 5.74) is 5.65. The number of amides is 1. The number of sulfone groups is 1. The molecule has 0 aromatic rings. The zero-order valence-electron chi connectivity index (χ0n) is 11.9. The molecular formula is C13H26N2O3S. The van der Waals surface area contributed by atoms with Gasteiger partial charge in [0.1, 0.15) is 0 Å². The van der Waals surface area contributed by atoms with E-state index in [1.165, 1.54) is 0 Å². The lowest BCUT2D eigenvalue weighted by Gasteiger charge is -2.17. The van der Waals surface area contributed by atoms with Crippen LogP contribution >= 0.6 is 0 Å². The number of nitrogens with one attached hydrogen (secondary N) is 1. The van der Waals surface area contributed by atoms with Crippen LogP contribution in [0, 0.1) is 11.8 Å². The average Bonchev–Trinajstić information content (AvgIpc) is 2.64. The van der Waals surface area contributed by atoms with Crippen LogP contribution in [0.1, 0.15) is 39.5 Å². The first-order chi connectivity index (χ1) is 8.85. The maximum Gasteiger partial charge on any atom is 0.220 e. The van der Waals surface area contributed by atoms with Gasteiger partial charge in [-0.1, -0.05) is 13.8 Å². The third kappa shape index (κ3) is 5.48. The standard InChI is InChI=1S/C13H26N2O3S/c1-10(2)6-11(8-14)7-13(16)15-9-12-4-3-5-19(12,17)18/h10-12H,3-9,14H2,1-2H3,(H,15,16). The summed E-state index contributed by atoms with van der Waals surface area (Å²) in [7, 11) is -2.98. The van der Waals surface area contributed by atoms with Crippen molar-refractivity contribution in [1.29, 1.82) is 0 Å². The first-order valence-corrected chi connectivity index (χ1v) is 8.75. The molecule has 2 atom stereocenters. The Morgan fingerprint density at radius 3 is 2.58 bits per heavy atom. The highest BCUT2D eigenvalue weighted by Crippen LogP contribution is 2.19. The lowest BCUT2D eigenvalue weighted by atomic mass is 9.94. The summed E-state index contributed by atoms with van der Waals surface area (Å²) >= 11 is 0. The zero-order chi connectivity index (χ0) is 14.5. The van der Waals surface area contributed by atoms with Gasteiger partial charge in [-0.25, -0.2) is 8.42 Å². The molecule has 0 spiro atoms. The highest BCUT2D eigenvalue weighted by molar-refractivity contribution is 7.92. The second-order valence-corrected chi connectivity index (χ2v) is 8.27. The molecule has 0 bridgehead atoms. The van der Waals surface area contributed by atoms with Crippen molar-refractivity contribution >= 4 is 15.7 Å². The normalized spacial score (nSPS) is 23.5. The predicted molar refractivity (Wildman–Crippen MR) is 76.4 cm³/mol. The van der Waals surface area contributed by atoms with E-state index in [-0.39, 0.29) is 24.1 Å². The van der Waals surface area contributed by atoms with E-state index in [0.29, 0.717) is 31.7 Å². The van der Waals surface area contributed by atoms with Crippen molar-refractivity contribution in [3.8, 4) is 0 Å². The molecule has 2 unspecified atom stereocenters. The highest BCUT2D eigenvalue weighted by atomic mass is 32.2. The van der Waals surface area contributed by atoms with Crippen molar-refractivity contribution < 1.29 is 13.2 Å². The van der Waals surface area contributed by atoms with Gasteiger partial charge in [-0.2, -0.15) is 0 Å². The Balaban J connectivity index is 2.35. The van der Waals surface area contributed by atoms with Gasteiger partial charge in [0.25, 0.3) is 0 Å². The summed E-state index contributed by atoms with van der Waals surface area (Å²) in [6.45, 7) is 4.95. The van der Waals surface area contributed by atoms with Gasteiger partial charge in [-0.3, -0.25) is 4.79 Å². The Labute approximate surface area is 116 Å². The fourth-order valence-electron chi connectivity index (χ4n) is 2.58. The van der Waals surface area contributed by atoms with E-state index in [4.69, 9.17) is 5.73 Å². The summed E-state index contributed by atoms with van der Waals surface area (Å²) in [6.07, 6.45) is 2.68. The molecule has 0 radical (unpaired) electrons. The highest BCUT2D eigenvalue weighted by Gasteiger charge is 2.31. The van der Waals surface area contributed by atoms with Gasteiger partial charge in [-0.05, 0) is 37.6 Å². The van der Waals surface area contributed by atoms with Crippen LogP contribution in [0.25, 0.3) is 0 Å². The third-order valence-electron chi connectivity index (χ3n) is 3.60. The molecule has 1 rings (SSSR count). The van der Waals surface area contributed by atoms with Crippen LogP contribution < -0.4 is 11.1 Å². The minimum absolute atomic E-state index is 0.0850. The summed E-state index contributed by atoms with van der Waals surface area (Å²) in [6, 6.07) is 0. The molecule has 1 aliphatic rings. The van der Waals surface area contributed by atoms with E-state index in [0.717, 1.165) is 6.42 Å². The SMILES string of the molecule is CC(C)CC(CN)CC(=O)NCC1CCCS1(=O)=O. The van der Waals surface area contributed by atoms with E-state index in [2.05, 4.69) is 19.2 Å². The van der Waals surface area contributed by atoms with E-state index < -0.39 is 15.1 Å². The minimum Gasteiger partial charge on any atom is -0.355 e. The molecular weight excluding hydrogens is 264 g/mol. The van der Waals surface area contributed by atoms with Crippen LogP contribution in [0.4, 0.5) is 0 Å². The summed E-state index contributed by atoms with van der Waals surface area (Å²) < 4.78 is 23.3. The van der Waals surface area contributed by atoms with Crippen LogP contribution in [0.3, 0.4) is 0 Å². The molecule has 5 nitrogen and oxygen atoms in total. The first kappa shape index (κ1) is 16.4. The maximum absolute atomic E-state index is 11.8. The van der Waals surface area contributed by atoms with Crippen molar-refractivity contribution in [3.05, 3.63) is 0 Å². The fraction of sp³-hybridized carbons (Fsp3) is 0.923. The molecule has 19 heavy (non-hydrogen) atoms. The molecule has 0 saturated carbocycles. The Morgan fingerprint density at radius 1 is 1.42 bits per heavy atom. The van der Waals surface area contributed by atoms with Crippen molar-refractivity contribution in [2.24, 2.45) is 17.6 Å². The van der Waals surface area contributed by atoms with Crippen LogP contribution in [0.2, 0.25) is 0 Å². The molecule has 1 saturated heterocycles. The molecule has 0 aromatic heterocycles. The number of carbonyl (C=O) groups is 1. The Bertz CT molecular complexity index is 393. The van der Waals surface area contributed by atoms with Gasteiger partial charge in [0.05, 0.1) is 11.0 Å². The zero-order valence-corrected chi connectivity index (χ0v) is 12.7. The van der Waals surface area contributed by atoms with Crippen molar-refractivity contribution in [2.75, 3.05) is 18.8 Å². The third-order valence-corrected chi connectivity index (χ3v) is 5.88. The second-order valence-electron chi connectivity index (χ2n) is 5.87. The lowest BCUT2D eigenvalue weighted by Crippen LogP contribution is -2.36. The predicted octanol–water partition coefficient (Wildman–Crippen LogP) is 0.691. The smallest absolute Gasteiger partial charge is 0.220 e. The van der Waals surface area contributed by atoms with E-state index in [9.17, 15) is 13.2 Å². The Kier molecular flexibility index (Phi) is 6.26. The minimum atomic E-state index is -2.98. The lowest BCUT2D eigenvalue weighted by molar-refractivity contribution is -0.122. The van der Waals surface area contributed by atoms with Crippen molar-refractivity contribution in [3.63, 3.8) is 0 Å². The molecule has 1 heterocycles. The van der Waals surface area contributed by atoms with Crippen LogP contribution in [0.5, 0.6) is 0 Å². The van der Waals surface area contributed by atoms with Gasteiger partial charge >= 0.3 is 0 Å². The number of carbonyl (C=O) groups excluding carboxylic acids is 1.